The third kappa shape index (κ3) is 6.03. The van der Waals surface area contributed by atoms with Crippen LogP contribution in [-0.2, 0) is 30.2 Å². The molecule has 0 bridgehead atoms. The van der Waals surface area contributed by atoms with Crippen LogP contribution in [0.3, 0.4) is 0 Å². The molecule has 6 nitrogen and oxygen atoms in total. The summed E-state index contributed by atoms with van der Waals surface area (Å²) in [7, 11) is 1.99. The van der Waals surface area contributed by atoms with Crippen molar-refractivity contribution >= 4 is 34.4 Å². The molecule has 2 N–H and O–H groups in total. The van der Waals surface area contributed by atoms with Gasteiger partial charge < -0.3 is 19.7 Å². The second kappa shape index (κ2) is 10.9. The fraction of sp³-hybridized carbons (Fsp3) is 0.290. The van der Waals surface area contributed by atoms with Crippen molar-refractivity contribution in [1.29, 1.82) is 0 Å². The van der Waals surface area contributed by atoms with Gasteiger partial charge in [-0.1, -0.05) is 68.8 Å². The number of carbonyl (C=O) groups is 2. The average molecular weight is 533 g/mol. The van der Waals surface area contributed by atoms with Crippen molar-refractivity contribution in [3.8, 4) is 5.75 Å². The monoisotopic (exact) mass is 532 g/mol. The lowest BCUT2D eigenvalue weighted by molar-refractivity contribution is -0.139. The summed E-state index contributed by atoms with van der Waals surface area (Å²) in [6.07, 6.45) is 0.611. The summed E-state index contributed by atoms with van der Waals surface area (Å²) in [6.45, 7) is 8.60. The molecule has 0 aliphatic carbocycles. The van der Waals surface area contributed by atoms with E-state index in [1.54, 1.807) is 12.1 Å². The zero-order valence-electron chi connectivity index (χ0n) is 22.4. The van der Waals surface area contributed by atoms with Crippen molar-refractivity contribution in [3.63, 3.8) is 0 Å². The van der Waals surface area contributed by atoms with Crippen LogP contribution in [0.2, 0.25) is 5.02 Å². The number of benzene rings is 3. The molecule has 38 heavy (non-hydrogen) atoms. The summed E-state index contributed by atoms with van der Waals surface area (Å²) in [6, 6.07) is 19.5. The molecule has 0 saturated heterocycles. The number of fused-ring (bicyclic) bond motifs is 1. The number of aliphatic carboxylic acids is 1. The summed E-state index contributed by atoms with van der Waals surface area (Å²) in [4.78, 5) is 23.9. The highest BCUT2D eigenvalue weighted by molar-refractivity contribution is 6.32. The Bertz CT molecular complexity index is 1500. The van der Waals surface area contributed by atoms with Gasteiger partial charge in [-0.25, -0.2) is 4.79 Å². The number of rotatable bonds is 8. The van der Waals surface area contributed by atoms with Gasteiger partial charge in [-0.05, 0) is 65.3 Å². The van der Waals surface area contributed by atoms with Crippen molar-refractivity contribution in [1.82, 2.24) is 9.88 Å². The normalized spacial score (nSPS) is 11.5. The molecule has 0 atom stereocenters. The van der Waals surface area contributed by atoms with E-state index in [4.69, 9.17) is 21.4 Å². The molecule has 4 aromatic rings. The summed E-state index contributed by atoms with van der Waals surface area (Å²) in [5.74, 6) is -0.837. The summed E-state index contributed by atoms with van der Waals surface area (Å²) < 4.78 is 7.42. The molecule has 4 rings (SSSR count). The van der Waals surface area contributed by atoms with Crippen LogP contribution >= 0.6 is 11.6 Å². The molecule has 1 amide bonds. The Morgan fingerprint density at radius 3 is 2.34 bits per heavy atom. The molecular weight excluding hydrogens is 500 g/mol. The Labute approximate surface area is 228 Å². The number of hydrogen-bond acceptors (Lipinski definition) is 3. The van der Waals surface area contributed by atoms with Crippen LogP contribution in [0.15, 0.2) is 60.7 Å². The minimum atomic E-state index is -1.06. The molecule has 0 spiro atoms. The van der Waals surface area contributed by atoms with Crippen LogP contribution in [0.4, 0.5) is 0 Å². The van der Waals surface area contributed by atoms with Crippen LogP contribution in [-0.4, -0.2) is 28.2 Å². The topological polar surface area (TPSA) is 80.6 Å². The molecule has 0 aliphatic rings. The van der Waals surface area contributed by atoms with Crippen LogP contribution in [0, 0.1) is 6.92 Å². The quantitative estimate of drug-likeness (QED) is 0.274. The Balaban J connectivity index is 1.52. The first-order chi connectivity index (χ1) is 17.9. The Morgan fingerprint density at radius 1 is 1.00 bits per heavy atom. The van der Waals surface area contributed by atoms with Crippen molar-refractivity contribution in [2.75, 3.05) is 6.61 Å². The number of aryl methyl sites for hydroxylation is 1. The van der Waals surface area contributed by atoms with Gasteiger partial charge in [-0.15, -0.1) is 0 Å². The highest BCUT2D eigenvalue weighted by atomic mass is 35.5. The van der Waals surface area contributed by atoms with Gasteiger partial charge in [-0.2, -0.15) is 0 Å². The number of nitrogens with zero attached hydrogens (tertiary/aromatic N) is 1. The Morgan fingerprint density at radius 2 is 1.68 bits per heavy atom. The molecule has 7 heteroatoms. The van der Waals surface area contributed by atoms with Gasteiger partial charge in [0.05, 0.1) is 5.02 Å². The molecule has 1 heterocycles. The summed E-state index contributed by atoms with van der Waals surface area (Å²) in [5, 5.41) is 13.4. The highest BCUT2D eigenvalue weighted by Gasteiger charge is 2.17. The standard InChI is InChI=1S/C31H33ClN2O4/c1-19-25(14-21-8-13-26(32)28(15-21)38-18-29(35)36)24-12-9-22(16-27(24)34(19)5)30(37)33-17-20-6-10-23(11-7-20)31(2,3)4/h6-13,15-16H,14,17-18H2,1-5H3,(H,33,37)(H,35,36). The highest BCUT2D eigenvalue weighted by Crippen LogP contribution is 2.31. The van der Waals surface area contributed by atoms with Gasteiger partial charge in [0.1, 0.15) is 5.75 Å². The van der Waals surface area contributed by atoms with E-state index < -0.39 is 12.6 Å². The largest absolute Gasteiger partial charge is 0.480 e. The van der Waals surface area contributed by atoms with Gasteiger partial charge in [0, 0.05) is 35.8 Å². The zero-order valence-corrected chi connectivity index (χ0v) is 23.1. The van der Waals surface area contributed by atoms with E-state index in [0.29, 0.717) is 29.3 Å². The minimum absolute atomic E-state index is 0.0905. The van der Waals surface area contributed by atoms with Gasteiger partial charge in [0.25, 0.3) is 5.91 Å². The number of hydrogen-bond donors (Lipinski definition) is 2. The molecule has 0 radical (unpaired) electrons. The van der Waals surface area contributed by atoms with E-state index in [9.17, 15) is 9.59 Å². The number of aromatic nitrogens is 1. The maximum Gasteiger partial charge on any atom is 0.341 e. The SMILES string of the molecule is Cc1c(Cc2ccc(Cl)c(OCC(=O)O)c2)c2ccc(C(=O)NCc3ccc(C(C)(C)C)cc3)cc2n1C. The maximum absolute atomic E-state index is 13.0. The molecular formula is C31H33ClN2O4. The van der Waals surface area contributed by atoms with Crippen LogP contribution in [0.1, 0.15) is 59.1 Å². The second-order valence-corrected chi connectivity index (χ2v) is 11.0. The van der Waals surface area contributed by atoms with Crippen LogP contribution in [0.5, 0.6) is 5.75 Å². The number of amides is 1. The van der Waals surface area contributed by atoms with Crippen molar-refractivity contribution in [2.24, 2.45) is 7.05 Å². The Hall–Kier alpha value is -3.77. The number of carbonyl (C=O) groups excluding carboxylic acids is 1. The number of carboxylic acid groups (broad SMARTS) is 1. The predicted octanol–water partition coefficient (Wildman–Crippen LogP) is 6.42. The Kier molecular flexibility index (Phi) is 7.83. The van der Waals surface area contributed by atoms with Crippen molar-refractivity contribution in [2.45, 2.75) is 46.1 Å². The van der Waals surface area contributed by atoms with E-state index in [-0.39, 0.29) is 11.3 Å². The van der Waals surface area contributed by atoms with E-state index >= 15 is 0 Å². The van der Waals surface area contributed by atoms with Gasteiger partial charge in [0.2, 0.25) is 0 Å². The fourth-order valence-corrected chi connectivity index (χ4v) is 4.70. The maximum atomic E-state index is 13.0. The number of ether oxygens (including phenoxy) is 1. The number of halogens is 1. The van der Waals surface area contributed by atoms with Crippen LogP contribution < -0.4 is 10.1 Å². The molecule has 0 aliphatic heterocycles. The lowest BCUT2D eigenvalue weighted by Crippen LogP contribution is -2.22. The van der Waals surface area contributed by atoms with E-state index in [1.807, 2.05) is 38.2 Å². The minimum Gasteiger partial charge on any atom is -0.480 e. The van der Waals surface area contributed by atoms with Gasteiger partial charge in [-0.3, -0.25) is 4.79 Å². The number of carboxylic acids is 1. The van der Waals surface area contributed by atoms with Crippen molar-refractivity contribution in [3.05, 3.63) is 99.2 Å². The first-order valence-electron chi connectivity index (χ1n) is 12.5. The smallest absolute Gasteiger partial charge is 0.341 e. The summed E-state index contributed by atoms with van der Waals surface area (Å²) in [5.41, 5.74) is 7.13. The predicted molar refractivity (Wildman–Crippen MR) is 151 cm³/mol. The van der Waals surface area contributed by atoms with Crippen LogP contribution in [0.25, 0.3) is 10.9 Å². The van der Waals surface area contributed by atoms with E-state index in [2.05, 4.69) is 54.9 Å². The molecule has 0 saturated carbocycles. The second-order valence-electron chi connectivity index (χ2n) is 10.6. The fourth-order valence-electron chi connectivity index (χ4n) is 4.53. The third-order valence-corrected chi connectivity index (χ3v) is 7.20. The molecule has 0 unspecified atom stereocenters. The number of nitrogens with one attached hydrogen (secondary N) is 1. The molecule has 0 fully saturated rings. The van der Waals surface area contributed by atoms with E-state index in [1.165, 1.54) is 5.56 Å². The first kappa shape index (κ1) is 27.3. The molecule has 198 valence electrons. The van der Waals surface area contributed by atoms with E-state index in [0.717, 1.165) is 33.3 Å². The lowest BCUT2D eigenvalue weighted by atomic mass is 9.87. The first-order valence-corrected chi connectivity index (χ1v) is 12.9. The van der Waals surface area contributed by atoms with Crippen molar-refractivity contribution < 1.29 is 19.4 Å². The van der Waals surface area contributed by atoms with Gasteiger partial charge >= 0.3 is 5.97 Å². The molecule has 3 aromatic carbocycles. The average Bonchev–Trinajstić information content (AvgIpc) is 3.11. The lowest BCUT2D eigenvalue weighted by Gasteiger charge is -2.19. The summed E-state index contributed by atoms with van der Waals surface area (Å²) >= 11 is 6.19. The third-order valence-electron chi connectivity index (χ3n) is 6.89. The molecule has 1 aromatic heterocycles. The van der Waals surface area contributed by atoms with Gasteiger partial charge in [0.15, 0.2) is 6.61 Å². The zero-order chi connectivity index (χ0) is 27.6.